The van der Waals surface area contributed by atoms with E-state index in [2.05, 4.69) is 200 Å². The summed E-state index contributed by atoms with van der Waals surface area (Å²) in [7, 11) is -2.52. The molecule has 0 atom stereocenters. The summed E-state index contributed by atoms with van der Waals surface area (Å²) >= 11 is 13.0. The van der Waals surface area contributed by atoms with Gasteiger partial charge in [-0.15, -0.1) is 0 Å². The van der Waals surface area contributed by atoms with Crippen molar-refractivity contribution in [3.8, 4) is 0 Å². The van der Waals surface area contributed by atoms with Crippen LogP contribution in [0.3, 0.4) is 0 Å². The molecule has 0 aliphatic rings. The summed E-state index contributed by atoms with van der Waals surface area (Å²) in [6, 6.07) is 39.7. The average molecular weight is 1300 g/mol. The Morgan fingerprint density at radius 1 is 0.614 bits per heavy atom. The smallest absolute Gasteiger partial charge is 0.392 e. The molecule has 0 aliphatic carbocycles. The molecular weight excluding hydrogens is 1250 g/mol. The summed E-state index contributed by atoms with van der Waals surface area (Å²) in [4.78, 5) is 19.7. The van der Waals surface area contributed by atoms with Crippen molar-refractivity contribution in [2.75, 3.05) is 12.5 Å². The summed E-state index contributed by atoms with van der Waals surface area (Å²) < 4.78 is 48.2. The van der Waals surface area contributed by atoms with E-state index in [4.69, 9.17) is 27.4 Å². The topological polar surface area (TPSA) is 283 Å². The molecule has 0 radical (unpaired) electrons. The number of aromatic nitrogens is 4. The molecule has 0 saturated heterocycles. The van der Waals surface area contributed by atoms with Crippen LogP contribution < -0.4 is 51.2 Å². The van der Waals surface area contributed by atoms with Crippen LogP contribution in [0.4, 0.5) is 0 Å². The maximum absolute atomic E-state index is 10.6. The van der Waals surface area contributed by atoms with E-state index in [1.54, 1.807) is 55.6 Å². The van der Waals surface area contributed by atoms with E-state index in [0.29, 0.717) is 18.7 Å². The van der Waals surface area contributed by atoms with Gasteiger partial charge in [0.25, 0.3) is 10.1 Å². The van der Waals surface area contributed by atoms with Crippen LogP contribution in [-0.2, 0) is 49.7 Å². The number of nitrogens with two attached hydrogens (primary N) is 1. The Morgan fingerprint density at radius 3 is 1.23 bits per heavy atom. The van der Waals surface area contributed by atoms with Crippen LogP contribution in [0.5, 0.6) is 0 Å². The third-order valence-electron chi connectivity index (χ3n) is 7.26. The maximum atomic E-state index is 10.6. The van der Waals surface area contributed by atoms with Crippen LogP contribution in [0, 0.1) is 0 Å². The molecule has 4 aromatic heterocycles. The Kier molecular flexibility index (Phi) is 36.9. The zero-order valence-electron chi connectivity index (χ0n) is 37.6. The number of aliphatic hydroxyl groups is 1. The van der Waals surface area contributed by atoms with E-state index in [-0.39, 0.29) is 42.8 Å². The number of hydrogen-bond acceptors (Lipinski definition) is 12. The molecule has 0 amide bonds. The first-order chi connectivity index (χ1) is 32.8. The second-order valence-corrected chi connectivity index (χ2v) is 23.4. The summed E-state index contributed by atoms with van der Waals surface area (Å²) in [5.41, 5.74) is 30.4. The molecule has 7 aromatic rings. The van der Waals surface area contributed by atoms with E-state index >= 15 is 0 Å². The fourth-order valence-electron chi connectivity index (χ4n) is 4.65. The van der Waals surface area contributed by atoms with Gasteiger partial charge in [-0.3, -0.25) is 29.0 Å². The number of benzene rings is 3. The number of hydrogen-bond donors (Lipinski definition) is 2. The monoisotopic (exact) mass is 1290 g/mol. The van der Waals surface area contributed by atoms with Gasteiger partial charge in [-0.05, 0) is 140 Å². The summed E-state index contributed by atoms with van der Waals surface area (Å²) in [5.74, 6) is 0. The molecule has 7 rings (SSSR count). The molecule has 0 saturated carbocycles. The first-order valence-corrected chi connectivity index (χ1v) is 28.2. The second-order valence-electron chi connectivity index (χ2n) is 12.9. The molecule has 0 spiro atoms. The quantitative estimate of drug-likeness (QED) is 0.0251. The van der Waals surface area contributed by atoms with E-state index in [1.807, 2.05) is 18.2 Å². The van der Waals surface area contributed by atoms with Gasteiger partial charge >= 0.3 is 29.6 Å². The van der Waals surface area contributed by atoms with Gasteiger partial charge in [0.15, 0.2) is 0 Å². The minimum Gasteiger partial charge on any atom is -0.392 e. The molecular formula is C44H44Br4ClN11NaO6PS2. The van der Waals surface area contributed by atoms with Crippen LogP contribution in [0.15, 0.2) is 188 Å². The van der Waals surface area contributed by atoms with Crippen molar-refractivity contribution >= 4 is 117 Å². The number of rotatable bonds is 10. The van der Waals surface area contributed by atoms with Crippen LogP contribution in [-0.4, -0.2) is 54.4 Å². The van der Waals surface area contributed by atoms with Crippen molar-refractivity contribution in [2.45, 2.75) is 26.3 Å². The van der Waals surface area contributed by atoms with Gasteiger partial charge in [-0.2, -0.15) is 8.42 Å². The molecule has 0 unspecified atom stereocenters. The van der Waals surface area contributed by atoms with E-state index in [9.17, 15) is 16.8 Å². The van der Waals surface area contributed by atoms with Gasteiger partial charge in [0.05, 0.1) is 32.3 Å². The van der Waals surface area contributed by atoms with Crippen molar-refractivity contribution in [3.05, 3.63) is 231 Å². The Morgan fingerprint density at radius 2 is 0.929 bits per heavy atom. The molecule has 0 bridgehead atoms. The molecule has 17 nitrogen and oxygen atoms in total. The molecule has 364 valence electrons. The van der Waals surface area contributed by atoms with Gasteiger partial charge < -0.3 is 21.9 Å². The van der Waals surface area contributed by atoms with E-state index in [0.717, 1.165) is 47.1 Å². The Hall–Kier alpha value is -3.70. The van der Waals surface area contributed by atoms with Crippen molar-refractivity contribution < 1.29 is 55.7 Å². The molecule has 4 heterocycles. The minimum atomic E-state index is -3.38. The van der Waals surface area contributed by atoms with Crippen LogP contribution >= 0.6 is 82.3 Å². The summed E-state index contributed by atoms with van der Waals surface area (Å²) in [6.07, 6.45) is 15.2. The maximum Gasteiger partial charge on any atom is 1.00 e. The van der Waals surface area contributed by atoms with Gasteiger partial charge in [0.2, 0.25) is 9.05 Å². The largest absolute Gasteiger partial charge is 1.00 e. The number of halogens is 5. The van der Waals surface area contributed by atoms with Crippen molar-refractivity contribution in [1.29, 1.82) is 0 Å². The third-order valence-corrected chi connectivity index (χ3v) is 12.0. The fourth-order valence-corrected chi connectivity index (χ4v) is 8.96. The zero-order valence-corrected chi connectivity index (χ0v) is 49.2. The Bertz CT molecular complexity index is 2730. The standard InChI is InChI=1S/C18H15P.C7H8BrNO3S.C6H5BrN4.C6H7BrN2.C6H6BrNO.CH3ClO2S.N3.Na/c1-4-10-16(11-5-1)19(17-12-6-2-7-13-17)18-14-8-3-9-15-18;1-13(10,11)12-5-6-2-7(8)4-9-3-6;7-6-1-5(2-9-4-6)3-10-11-8;7-6-1-5(2-8)3-9-4-6;7-6-1-5(4-9)2-8-3-6;1-5(2,3)4;1-3-2;/h1-15H;2-4H,5H2,1H3;1-2,4H,3H2;1,3-4H,2,8H2;1-3,9H,4H2;1H3;;/q;;;;;;-1;+1. The Labute approximate surface area is 469 Å². The third kappa shape index (κ3) is 34.6. The van der Waals surface area contributed by atoms with Crippen molar-refractivity contribution in [1.82, 2.24) is 19.9 Å². The fraction of sp³-hybridized carbons (Fsp3) is 0.136. The Balaban J connectivity index is 0.000000837. The average Bonchev–Trinajstić information content (AvgIpc) is 3.32. The van der Waals surface area contributed by atoms with Gasteiger partial charge in [0.1, 0.15) is 0 Å². The van der Waals surface area contributed by atoms with E-state index < -0.39 is 27.1 Å². The zero-order chi connectivity index (χ0) is 51.5. The van der Waals surface area contributed by atoms with Gasteiger partial charge in [0, 0.05) is 89.6 Å². The number of azide groups is 1. The van der Waals surface area contributed by atoms with Crippen LogP contribution in [0.25, 0.3) is 26.4 Å². The normalized spacial score (nSPS) is 9.80. The summed E-state index contributed by atoms with van der Waals surface area (Å²) in [6.45, 7) is 0.965. The SMILES string of the molecule is CS(=O)(=O)Cl.CS(=O)(=O)OCc1cncc(Br)c1.NCc1cncc(Br)c1.OCc1cncc(Br)c1.[N-]=[N+]=NCc1cncc(Br)c1.[N-]=[N+]=[N-].[Na+].c1ccc(P(c2ccccc2)c2ccccc2)cc1. The molecule has 0 fully saturated rings. The molecule has 0 aliphatic heterocycles. The second kappa shape index (κ2) is 38.9. The van der Waals surface area contributed by atoms with E-state index in [1.165, 1.54) is 20.8 Å². The first kappa shape index (κ1) is 66.3. The van der Waals surface area contributed by atoms with Crippen LogP contribution in [0.1, 0.15) is 22.3 Å². The first-order valence-electron chi connectivity index (χ1n) is 19.2. The van der Waals surface area contributed by atoms with Gasteiger partial charge in [-0.1, -0.05) is 96.1 Å². The predicted octanol–water partition coefficient (Wildman–Crippen LogP) is 8.11. The van der Waals surface area contributed by atoms with Crippen molar-refractivity contribution in [3.63, 3.8) is 0 Å². The number of aliphatic hydroxyl groups excluding tert-OH is 1. The molecule has 26 heteroatoms. The van der Waals surface area contributed by atoms with Gasteiger partial charge in [-0.25, -0.2) is 8.42 Å². The van der Waals surface area contributed by atoms with Crippen LogP contribution in [0.2, 0.25) is 0 Å². The molecule has 3 N–H and O–H groups in total. The van der Waals surface area contributed by atoms with Crippen molar-refractivity contribution in [2.24, 2.45) is 10.8 Å². The molecule has 3 aromatic carbocycles. The number of nitrogens with zero attached hydrogens (tertiary/aromatic N) is 10. The predicted molar refractivity (Wildman–Crippen MR) is 290 cm³/mol. The summed E-state index contributed by atoms with van der Waals surface area (Å²) in [5, 5.41) is 16.2. The minimum absolute atomic E-state index is 0. The molecule has 70 heavy (non-hydrogen) atoms. The number of pyridine rings is 4.